The standard InChI is InChI=1S/C15H16ClNO2/c16-15(6-2-1-3-7-15)13-5-4-11(9-14(18)19)8-12(13)10-17/h4-5,8H,1-3,6-7,9H2,(H,18,19). The molecule has 0 atom stereocenters. The maximum Gasteiger partial charge on any atom is 0.307 e. The number of carbonyl (C=O) groups is 1. The van der Waals surface area contributed by atoms with Crippen LogP contribution in [0.1, 0.15) is 48.8 Å². The molecule has 0 aliphatic heterocycles. The van der Waals surface area contributed by atoms with Crippen LogP contribution >= 0.6 is 11.6 Å². The predicted octanol–water partition coefficient (Wildman–Crippen LogP) is 3.58. The molecular weight excluding hydrogens is 262 g/mol. The second-order valence-electron chi connectivity index (χ2n) is 5.09. The van der Waals surface area contributed by atoms with Gasteiger partial charge >= 0.3 is 5.97 Å². The summed E-state index contributed by atoms with van der Waals surface area (Å²) >= 11 is 6.68. The van der Waals surface area contributed by atoms with Gasteiger partial charge in [0, 0.05) is 0 Å². The van der Waals surface area contributed by atoms with E-state index in [1.54, 1.807) is 12.1 Å². The van der Waals surface area contributed by atoms with E-state index >= 15 is 0 Å². The number of hydrogen-bond donors (Lipinski definition) is 1. The van der Waals surface area contributed by atoms with Crippen molar-refractivity contribution in [3.05, 3.63) is 34.9 Å². The summed E-state index contributed by atoms with van der Waals surface area (Å²) in [7, 11) is 0. The molecule has 0 amide bonds. The quantitative estimate of drug-likeness (QED) is 0.859. The first-order valence-corrected chi connectivity index (χ1v) is 6.87. The maximum absolute atomic E-state index is 10.7. The van der Waals surface area contributed by atoms with E-state index in [1.165, 1.54) is 6.42 Å². The van der Waals surface area contributed by atoms with Crippen LogP contribution in [0.3, 0.4) is 0 Å². The van der Waals surface area contributed by atoms with Crippen molar-refractivity contribution in [1.82, 2.24) is 0 Å². The van der Waals surface area contributed by atoms with Crippen molar-refractivity contribution < 1.29 is 9.90 Å². The zero-order valence-electron chi connectivity index (χ0n) is 10.7. The van der Waals surface area contributed by atoms with Crippen LogP contribution in [0.4, 0.5) is 0 Å². The van der Waals surface area contributed by atoms with E-state index in [1.807, 2.05) is 6.07 Å². The number of carboxylic acids is 1. The van der Waals surface area contributed by atoms with Crippen LogP contribution in [0.2, 0.25) is 0 Å². The Balaban J connectivity index is 2.35. The fraction of sp³-hybridized carbons (Fsp3) is 0.467. The van der Waals surface area contributed by atoms with Crippen LogP contribution in [-0.4, -0.2) is 11.1 Å². The summed E-state index contributed by atoms with van der Waals surface area (Å²) in [6.45, 7) is 0. The number of aliphatic carboxylic acids is 1. The average molecular weight is 278 g/mol. The van der Waals surface area contributed by atoms with E-state index in [0.717, 1.165) is 31.2 Å². The van der Waals surface area contributed by atoms with Crippen molar-refractivity contribution >= 4 is 17.6 Å². The number of nitrogens with zero attached hydrogens (tertiary/aromatic N) is 1. The molecule has 1 fully saturated rings. The molecule has 1 saturated carbocycles. The Bertz CT molecular complexity index is 527. The van der Waals surface area contributed by atoms with Gasteiger partial charge in [0.05, 0.1) is 22.9 Å². The van der Waals surface area contributed by atoms with Crippen molar-refractivity contribution in [2.75, 3.05) is 0 Å². The van der Waals surface area contributed by atoms with E-state index in [9.17, 15) is 10.1 Å². The van der Waals surface area contributed by atoms with Gasteiger partial charge in [-0.25, -0.2) is 0 Å². The Hall–Kier alpha value is -1.53. The Morgan fingerprint density at radius 1 is 1.37 bits per heavy atom. The van der Waals surface area contributed by atoms with Gasteiger partial charge in [-0.05, 0) is 30.0 Å². The first-order valence-electron chi connectivity index (χ1n) is 6.49. The molecule has 1 aromatic carbocycles. The number of benzene rings is 1. The molecule has 0 radical (unpaired) electrons. The zero-order chi connectivity index (χ0) is 13.9. The highest BCUT2D eigenvalue weighted by Gasteiger charge is 2.33. The summed E-state index contributed by atoms with van der Waals surface area (Å²) in [5, 5.41) is 18.1. The summed E-state index contributed by atoms with van der Waals surface area (Å²) < 4.78 is 0. The average Bonchev–Trinajstić information content (AvgIpc) is 2.38. The molecule has 2 rings (SSSR count). The number of alkyl halides is 1. The fourth-order valence-corrected chi connectivity index (χ4v) is 3.17. The van der Waals surface area contributed by atoms with Gasteiger partial charge in [-0.15, -0.1) is 11.6 Å². The Kier molecular flexibility index (Phi) is 4.11. The van der Waals surface area contributed by atoms with E-state index < -0.39 is 10.8 Å². The van der Waals surface area contributed by atoms with E-state index in [2.05, 4.69) is 6.07 Å². The second kappa shape index (κ2) is 5.63. The highest BCUT2D eigenvalue weighted by molar-refractivity contribution is 6.24. The molecule has 0 saturated heterocycles. The van der Waals surface area contributed by atoms with Gasteiger partial charge in [-0.1, -0.05) is 31.4 Å². The van der Waals surface area contributed by atoms with Crippen molar-refractivity contribution in [2.24, 2.45) is 0 Å². The molecule has 1 aliphatic rings. The summed E-state index contributed by atoms with van der Waals surface area (Å²) in [6, 6.07) is 7.40. The van der Waals surface area contributed by atoms with Gasteiger partial charge in [0.25, 0.3) is 0 Å². The minimum absolute atomic E-state index is 0.0652. The highest BCUT2D eigenvalue weighted by Crippen LogP contribution is 2.44. The first kappa shape index (κ1) is 13.9. The first-order chi connectivity index (χ1) is 9.05. The van der Waals surface area contributed by atoms with Gasteiger partial charge in [0.2, 0.25) is 0 Å². The van der Waals surface area contributed by atoms with Gasteiger partial charge < -0.3 is 5.11 Å². The fourth-order valence-electron chi connectivity index (χ4n) is 2.74. The maximum atomic E-state index is 10.7. The molecule has 1 aliphatic carbocycles. The lowest BCUT2D eigenvalue weighted by Gasteiger charge is -2.32. The van der Waals surface area contributed by atoms with Crippen molar-refractivity contribution in [3.63, 3.8) is 0 Å². The zero-order valence-corrected chi connectivity index (χ0v) is 11.4. The van der Waals surface area contributed by atoms with Crippen LogP contribution in [-0.2, 0) is 16.1 Å². The molecular formula is C15H16ClNO2. The Labute approximate surface area is 117 Å². The predicted molar refractivity (Wildman–Crippen MR) is 73.1 cm³/mol. The lowest BCUT2D eigenvalue weighted by Crippen LogP contribution is -2.23. The van der Waals surface area contributed by atoms with Crippen molar-refractivity contribution in [3.8, 4) is 6.07 Å². The van der Waals surface area contributed by atoms with Crippen LogP contribution in [0.15, 0.2) is 18.2 Å². The monoisotopic (exact) mass is 277 g/mol. The summed E-state index contributed by atoms with van der Waals surface area (Å²) in [6.07, 6.45) is 5.03. The molecule has 0 spiro atoms. The third kappa shape index (κ3) is 3.08. The summed E-state index contributed by atoms with van der Waals surface area (Å²) in [4.78, 5) is 10.3. The minimum Gasteiger partial charge on any atom is -0.481 e. The third-order valence-electron chi connectivity index (χ3n) is 3.69. The van der Waals surface area contributed by atoms with Crippen LogP contribution in [0.5, 0.6) is 0 Å². The summed E-state index contributed by atoms with van der Waals surface area (Å²) in [5.41, 5.74) is 2.00. The molecule has 1 aromatic rings. The lowest BCUT2D eigenvalue weighted by atomic mass is 9.81. The van der Waals surface area contributed by atoms with Crippen LogP contribution < -0.4 is 0 Å². The van der Waals surface area contributed by atoms with Gasteiger partial charge in [-0.3, -0.25) is 4.79 Å². The van der Waals surface area contributed by atoms with Crippen LogP contribution in [0.25, 0.3) is 0 Å². The van der Waals surface area contributed by atoms with Gasteiger partial charge in [0.1, 0.15) is 0 Å². The second-order valence-corrected chi connectivity index (χ2v) is 5.81. The van der Waals surface area contributed by atoms with Gasteiger partial charge in [-0.2, -0.15) is 5.26 Å². The lowest BCUT2D eigenvalue weighted by molar-refractivity contribution is -0.136. The number of halogens is 1. The number of hydrogen-bond acceptors (Lipinski definition) is 2. The molecule has 19 heavy (non-hydrogen) atoms. The molecule has 0 bridgehead atoms. The number of nitriles is 1. The smallest absolute Gasteiger partial charge is 0.307 e. The summed E-state index contributed by atoms with van der Waals surface area (Å²) in [5.74, 6) is -0.894. The Morgan fingerprint density at radius 2 is 2.05 bits per heavy atom. The number of rotatable bonds is 3. The van der Waals surface area contributed by atoms with Crippen LogP contribution in [0, 0.1) is 11.3 Å². The number of carboxylic acid groups (broad SMARTS) is 1. The molecule has 1 N–H and O–H groups in total. The van der Waals surface area contributed by atoms with Crippen molar-refractivity contribution in [2.45, 2.75) is 43.4 Å². The molecule has 0 aromatic heterocycles. The SMILES string of the molecule is N#Cc1cc(CC(=O)O)ccc1C1(Cl)CCCCC1. The van der Waals surface area contributed by atoms with E-state index in [0.29, 0.717) is 11.1 Å². The molecule has 4 heteroatoms. The highest BCUT2D eigenvalue weighted by atomic mass is 35.5. The van der Waals surface area contributed by atoms with Crippen molar-refractivity contribution in [1.29, 1.82) is 5.26 Å². The van der Waals surface area contributed by atoms with Gasteiger partial charge in [0.15, 0.2) is 0 Å². The Morgan fingerprint density at radius 3 is 2.63 bits per heavy atom. The molecule has 3 nitrogen and oxygen atoms in total. The van der Waals surface area contributed by atoms with E-state index in [4.69, 9.17) is 16.7 Å². The topological polar surface area (TPSA) is 61.1 Å². The normalized spacial score (nSPS) is 17.7. The largest absolute Gasteiger partial charge is 0.481 e. The minimum atomic E-state index is -0.894. The molecule has 0 unspecified atom stereocenters. The molecule has 100 valence electrons. The molecule has 0 heterocycles. The van der Waals surface area contributed by atoms with E-state index in [-0.39, 0.29) is 6.42 Å². The third-order valence-corrected chi connectivity index (χ3v) is 4.27.